The van der Waals surface area contributed by atoms with Crippen molar-refractivity contribution < 1.29 is 4.42 Å². The molecule has 0 spiro atoms. The first-order valence-corrected chi connectivity index (χ1v) is 15.9. The summed E-state index contributed by atoms with van der Waals surface area (Å²) in [5, 5.41) is 9.48. The van der Waals surface area contributed by atoms with Crippen LogP contribution in [0.4, 0.5) is 17.1 Å². The van der Waals surface area contributed by atoms with Gasteiger partial charge in [0.05, 0.1) is 22.4 Å². The third-order valence-corrected chi connectivity index (χ3v) is 9.45. The van der Waals surface area contributed by atoms with Gasteiger partial charge >= 0.3 is 0 Å². The molecule has 0 aliphatic heterocycles. The van der Waals surface area contributed by atoms with Crippen LogP contribution in [0.1, 0.15) is 0 Å². The minimum absolute atomic E-state index is 0.838. The molecule has 0 atom stereocenters. The van der Waals surface area contributed by atoms with Crippen molar-refractivity contribution in [1.82, 2.24) is 9.55 Å². The highest BCUT2D eigenvalue weighted by Gasteiger charge is 2.21. The summed E-state index contributed by atoms with van der Waals surface area (Å²) in [5.41, 5.74) is 8.42. The molecule has 0 aliphatic carbocycles. The Labute approximate surface area is 270 Å². The number of nitrogens with zero attached hydrogens (tertiary/aromatic N) is 3. The van der Waals surface area contributed by atoms with Crippen LogP contribution >= 0.6 is 0 Å². The number of para-hydroxylation sites is 2. The van der Waals surface area contributed by atoms with Crippen LogP contribution in [0.3, 0.4) is 0 Å². The molecule has 10 rings (SSSR count). The Morgan fingerprint density at radius 1 is 0.489 bits per heavy atom. The molecule has 0 bridgehead atoms. The Balaban J connectivity index is 1.24. The standard InChI is InChI=1S/C43H27N3O/c1-2-11-29(12-3-1)45(30-19-20-34-36-27-44-25-24-41(36)47-42(34)26-30)38-22-23-39(33-15-7-6-14-32(33)38)46-37-17-9-8-16-35(37)43-31-13-5-4-10-28(31)18-21-40(43)46/h1-27H. The van der Waals surface area contributed by atoms with Crippen LogP contribution in [0.5, 0.6) is 0 Å². The summed E-state index contributed by atoms with van der Waals surface area (Å²) in [5.74, 6) is 0. The molecule has 47 heavy (non-hydrogen) atoms. The minimum Gasteiger partial charge on any atom is -0.456 e. The van der Waals surface area contributed by atoms with Gasteiger partial charge in [0, 0.05) is 62.2 Å². The van der Waals surface area contributed by atoms with Crippen molar-refractivity contribution in [3.8, 4) is 5.69 Å². The van der Waals surface area contributed by atoms with E-state index in [1.54, 1.807) is 6.20 Å². The Bertz CT molecular complexity index is 2810. The van der Waals surface area contributed by atoms with Crippen molar-refractivity contribution in [3.63, 3.8) is 0 Å². The van der Waals surface area contributed by atoms with Crippen LogP contribution in [-0.4, -0.2) is 9.55 Å². The second-order valence-corrected chi connectivity index (χ2v) is 12.0. The maximum Gasteiger partial charge on any atom is 0.138 e. The molecule has 0 saturated carbocycles. The number of anilines is 3. The molecule has 0 amide bonds. The van der Waals surface area contributed by atoms with Crippen molar-refractivity contribution in [2.45, 2.75) is 0 Å². The van der Waals surface area contributed by atoms with Crippen LogP contribution < -0.4 is 4.90 Å². The summed E-state index contributed by atoms with van der Waals surface area (Å²) in [6.45, 7) is 0. The highest BCUT2D eigenvalue weighted by Crippen LogP contribution is 2.44. The summed E-state index contributed by atoms with van der Waals surface area (Å²) in [4.78, 5) is 6.66. The zero-order valence-corrected chi connectivity index (χ0v) is 25.3. The molecule has 0 N–H and O–H groups in total. The van der Waals surface area contributed by atoms with Crippen LogP contribution in [0.2, 0.25) is 0 Å². The number of hydrogen-bond acceptors (Lipinski definition) is 3. The molecule has 3 heterocycles. The van der Waals surface area contributed by atoms with Gasteiger partial charge in [0.2, 0.25) is 0 Å². The maximum absolute atomic E-state index is 6.31. The molecule has 3 aromatic heterocycles. The lowest BCUT2D eigenvalue weighted by molar-refractivity contribution is 0.668. The number of hydrogen-bond donors (Lipinski definition) is 0. The van der Waals surface area contributed by atoms with Crippen molar-refractivity contribution in [2.24, 2.45) is 0 Å². The quantitative estimate of drug-likeness (QED) is 0.201. The van der Waals surface area contributed by atoms with E-state index < -0.39 is 0 Å². The smallest absolute Gasteiger partial charge is 0.138 e. The van der Waals surface area contributed by atoms with Gasteiger partial charge in [0.1, 0.15) is 11.2 Å². The monoisotopic (exact) mass is 601 g/mol. The summed E-state index contributed by atoms with van der Waals surface area (Å²) in [6, 6.07) is 54.2. The van der Waals surface area contributed by atoms with Crippen molar-refractivity contribution in [3.05, 3.63) is 164 Å². The molecular weight excluding hydrogens is 574 g/mol. The van der Waals surface area contributed by atoms with Gasteiger partial charge in [-0.25, -0.2) is 0 Å². The Morgan fingerprint density at radius 2 is 1.26 bits per heavy atom. The molecule has 220 valence electrons. The molecule has 0 saturated heterocycles. The SMILES string of the molecule is c1ccc(N(c2ccc3c(c2)oc2ccncc23)c2ccc(-n3c4ccccc4c4c5ccccc5ccc43)c3ccccc23)cc1. The molecule has 0 aliphatic rings. The molecule has 0 unspecified atom stereocenters. The number of fused-ring (bicyclic) bond motifs is 9. The zero-order valence-electron chi connectivity index (χ0n) is 25.3. The summed E-state index contributed by atoms with van der Waals surface area (Å²) in [7, 11) is 0. The Hall–Kier alpha value is -6.39. The van der Waals surface area contributed by atoms with E-state index >= 15 is 0 Å². The summed E-state index contributed by atoms with van der Waals surface area (Å²) >= 11 is 0. The normalized spacial score (nSPS) is 11.8. The minimum atomic E-state index is 0.838. The highest BCUT2D eigenvalue weighted by atomic mass is 16.3. The van der Waals surface area contributed by atoms with Crippen LogP contribution in [0.25, 0.3) is 71.0 Å². The number of rotatable bonds is 4. The number of pyridine rings is 1. The van der Waals surface area contributed by atoms with Gasteiger partial charge in [0.15, 0.2) is 0 Å². The van der Waals surface area contributed by atoms with Crippen molar-refractivity contribution in [2.75, 3.05) is 4.90 Å². The van der Waals surface area contributed by atoms with Crippen LogP contribution in [-0.2, 0) is 0 Å². The second-order valence-electron chi connectivity index (χ2n) is 12.0. The Morgan fingerprint density at radius 3 is 2.15 bits per heavy atom. The molecular formula is C43H27N3O. The Kier molecular flexibility index (Phi) is 5.54. The number of furan rings is 1. The third kappa shape index (κ3) is 3.85. The predicted molar refractivity (Wildman–Crippen MR) is 196 cm³/mol. The molecule has 0 fully saturated rings. The number of aromatic nitrogens is 2. The molecule has 7 aromatic carbocycles. The maximum atomic E-state index is 6.31. The van der Waals surface area contributed by atoms with E-state index in [1.807, 2.05) is 12.3 Å². The van der Waals surface area contributed by atoms with E-state index in [9.17, 15) is 0 Å². The van der Waals surface area contributed by atoms with E-state index in [2.05, 4.69) is 160 Å². The molecule has 10 aromatic rings. The zero-order chi connectivity index (χ0) is 30.9. The molecule has 4 heteroatoms. The van der Waals surface area contributed by atoms with E-state index in [4.69, 9.17) is 4.42 Å². The first kappa shape index (κ1) is 25.9. The van der Waals surface area contributed by atoms with E-state index in [0.29, 0.717) is 0 Å². The van der Waals surface area contributed by atoms with Gasteiger partial charge in [-0.3, -0.25) is 4.98 Å². The fourth-order valence-corrected chi connectivity index (χ4v) is 7.41. The lowest BCUT2D eigenvalue weighted by atomic mass is 10.0. The third-order valence-electron chi connectivity index (χ3n) is 9.45. The average Bonchev–Trinajstić information content (AvgIpc) is 3.68. The van der Waals surface area contributed by atoms with Crippen LogP contribution in [0.15, 0.2) is 168 Å². The van der Waals surface area contributed by atoms with Gasteiger partial charge in [-0.2, -0.15) is 0 Å². The lowest BCUT2D eigenvalue weighted by Gasteiger charge is -2.27. The van der Waals surface area contributed by atoms with Gasteiger partial charge in [-0.15, -0.1) is 0 Å². The topological polar surface area (TPSA) is 34.2 Å². The fourth-order valence-electron chi connectivity index (χ4n) is 7.41. The summed E-state index contributed by atoms with van der Waals surface area (Å²) in [6.07, 6.45) is 3.65. The predicted octanol–water partition coefficient (Wildman–Crippen LogP) is 11.9. The largest absolute Gasteiger partial charge is 0.456 e. The average molecular weight is 602 g/mol. The van der Waals surface area contributed by atoms with Crippen molar-refractivity contribution >= 4 is 82.4 Å². The van der Waals surface area contributed by atoms with E-state index in [1.165, 1.54) is 38.0 Å². The lowest BCUT2D eigenvalue weighted by Crippen LogP contribution is -2.11. The first-order valence-electron chi connectivity index (χ1n) is 15.9. The van der Waals surface area contributed by atoms with E-state index in [-0.39, 0.29) is 0 Å². The molecule has 4 nitrogen and oxygen atoms in total. The van der Waals surface area contributed by atoms with Gasteiger partial charge in [-0.05, 0) is 65.4 Å². The first-order chi connectivity index (χ1) is 23.3. The van der Waals surface area contributed by atoms with Crippen LogP contribution in [0, 0.1) is 0 Å². The van der Waals surface area contributed by atoms with E-state index in [0.717, 1.165) is 50.1 Å². The fraction of sp³-hybridized carbons (Fsp3) is 0. The second kappa shape index (κ2) is 10.1. The van der Waals surface area contributed by atoms with Crippen molar-refractivity contribution in [1.29, 1.82) is 0 Å². The molecule has 0 radical (unpaired) electrons. The van der Waals surface area contributed by atoms with Gasteiger partial charge in [-0.1, -0.05) is 91.0 Å². The van der Waals surface area contributed by atoms with Gasteiger partial charge in [0.25, 0.3) is 0 Å². The number of benzene rings is 7. The summed E-state index contributed by atoms with van der Waals surface area (Å²) < 4.78 is 8.75. The highest BCUT2D eigenvalue weighted by molar-refractivity contribution is 6.22. The van der Waals surface area contributed by atoms with Gasteiger partial charge < -0.3 is 13.9 Å².